The van der Waals surface area contributed by atoms with Crippen LogP contribution in [-0.2, 0) is 32.9 Å². The van der Waals surface area contributed by atoms with Gasteiger partial charge in [0, 0.05) is 24.7 Å². The van der Waals surface area contributed by atoms with Gasteiger partial charge in [-0.2, -0.15) is 0 Å². The highest BCUT2D eigenvalue weighted by Gasteiger charge is 2.50. The number of rotatable bonds is 19. The molecule has 2 atom stereocenters. The predicted molar refractivity (Wildman–Crippen MR) is 274 cm³/mol. The molecule has 5 aliphatic rings. The topological polar surface area (TPSA) is 147 Å². The zero-order valence-corrected chi connectivity index (χ0v) is 42.1. The fourth-order valence-electron chi connectivity index (χ4n) is 11.3. The molecule has 3 heterocycles. The Labute approximate surface area is 415 Å². The maximum atomic E-state index is 14.0. The summed E-state index contributed by atoms with van der Waals surface area (Å²) in [4.78, 5) is 55.3. The number of guanidine groups is 2. The summed E-state index contributed by atoms with van der Waals surface area (Å²) in [5, 5.41) is 0.313. The molecule has 3 fully saturated rings. The van der Waals surface area contributed by atoms with Gasteiger partial charge in [0.05, 0.1) is 6.54 Å². The lowest BCUT2D eigenvalue weighted by Crippen LogP contribution is -2.48. The van der Waals surface area contributed by atoms with E-state index in [0.717, 1.165) is 69.8 Å². The van der Waals surface area contributed by atoms with Gasteiger partial charge >= 0.3 is 0 Å². The minimum Gasteiger partial charge on any atom is -0.484 e. The lowest BCUT2D eigenvalue weighted by molar-refractivity contribution is -0.136. The van der Waals surface area contributed by atoms with E-state index in [2.05, 4.69) is 26.0 Å². The minimum absolute atomic E-state index is 0.00627. The van der Waals surface area contributed by atoms with Crippen molar-refractivity contribution in [2.24, 2.45) is 39.2 Å². The molecule has 2 saturated carbocycles. The first kappa shape index (κ1) is 51.9. The van der Waals surface area contributed by atoms with Gasteiger partial charge in [0.25, 0.3) is 17.7 Å². The second-order valence-electron chi connectivity index (χ2n) is 20.5. The number of aliphatic imine (C=N–C) groups is 2. The number of para-hydroxylation sites is 1. The van der Waals surface area contributed by atoms with E-state index >= 15 is 0 Å². The standard InChI is InChI=1S/C31H42N4O3.C25H35ClFN3O/c1-3-5-11-24-12-10-13-26(21-24)31(18-6-4-2)29(37)35(30(32)33-31)22-25-16-19-34(20-17-25)28(36)23-38-27-14-8-7-9-15-27;26-22-15-21(27)12-11-20(22)17-30-23(31)25(29-24(30)28,16-19-9-5-2-6-10-19)14-13-18-7-3-1-4-8-18/h7-10,12-15,21,25H,3-6,11,16-20,22-23H2,1-2H3,(H2,32,33);11-12,15,18-19H,1-10,13-14,16-17H2,(H2,28,29)/t;25-/m.1/s1. The second-order valence-corrected chi connectivity index (χ2v) is 20.9. The van der Waals surface area contributed by atoms with Crippen LogP contribution in [0.1, 0.15) is 159 Å². The fourth-order valence-corrected chi connectivity index (χ4v) is 11.5. The summed E-state index contributed by atoms with van der Waals surface area (Å²) >= 11 is 6.23. The van der Waals surface area contributed by atoms with Crippen LogP contribution in [0, 0.1) is 23.6 Å². The fraction of sp³-hybridized carbons (Fsp3) is 0.589. The summed E-state index contributed by atoms with van der Waals surface area (Å²) in [7, 11) is 0. The first-order chi connectivity index (χ1) is 33.4. The summed E-state index contributed by atoms with van der Waals surface area (Å²) in [6.07, 6.45) is 22.7. The Bertz CT molecular complexity index is 2240. The van der Waals surface area contributed by atoms with Gasteiger partial charge in [-0.1, -0.05) is 157 Å². The Kier molecular flexibility index (Phi) is 18.6. The zero-order chi connectivity index (χ0) is 48.8. The summed E-state index contributed by atoms with van der Waals surface area (Å²) < 4.78 is 19.1. The van der Waals surface area contributed by atoms with Crippen molar-refractivity contribution >= 4 is 41.2 Å². The van der Waals surface area contributed by atoms with Crippen molar-refractivity contribution in [2.45, 2.75) is 166 Å². The van der Waals surface area contributed by atoms with Crippen molar-refractivity contribution in [1.82, 2.24) is 14.7 Å². The Morgan fingerprint density at radius 3 is 2.12 bits per heavy atom. The van der Waals surface area contributed by atoms with Gasteiger partial charge in [-0.15, -0.1) is 0 Å². The molecule has 3 aromatic rings. The maximum Gasteiger partial charge on any atom is 0.261 e. The third-order valence-electron chi connectivity index (χ3n) is 15.4. The zero-order valence-electron chi connectivity index (χ0n) is 41.3. The number of hydrogen-bond acceptors (Lipinski definition) is 8. The van der Waals surface area contributed by atoms with Crippen molar-refractivity contribution in [3.05, 3.63) is 100 Å². The molecule has 0 aromatic heterocycles. The van der Waals surface area contributed by atoms with Crippen molar-refractivity contribution < 1.29 is 23.5 Å². The number of likely N-dealkylation sites (tertiary alicyclic amines) is 1. The number of unbranched alkanes of at least 4 members (excludes halogenated alkanes) is 2. The number of aryl methyl sites for hydroxylation is 1. The molecule has 69 heavy (non-hydrogen) atoms. The highest BCUT2D eigenvalue weighted by molar-refractivity contribution is 6.31. The van der Waals surface area contributed by atoms with E-state index in [1.54, 1.807) is 15.9 Å². The number of piperidine rings is 1. The molecule has 3 aromatic carbocycles. The van der Waals surface area contributed by atoms with Gasteiger partial charge in [0.1, 0.15) is 17.1 Å². The van der Waals surface area contributed by atoms with E-state index in [9.17, 15) is 18.8 Å². The average molecular weight is 967 g/mol. The van der Waals surface area contributed by atoms with E-state index in [0.29, 0.717) is 60.2 Å². The van der Waals surface area contributed by atoms with Crippen LogP contribution in [0.5, 0.6) is 5.75 Å². The summed E-state index contributed by atoms with van der Waals surface area (Å²) in [6, 6.07) is 22.0. The summed E-state index contributed by atoms with van der Waals surface area (Å²) in [5.41, 5.74) is 14.0. The highest BCUT2D eigenvalue weighted by Crippen LogP contribution is 2.42. The molecule has 1 saturated heterocycles. The van der Waals surface area contributed by atoms with Gasteiger partial charge in [-0.3, -0.25) is 24.2 Å². The SMILES string of the molecule is CCCCc1cccc(C2(CCCC)N=C(N)N(CC3CCN(C(=O)COc4ccccc4)CC3)C2=O)c1.NC1=N[C@](CCC2CCCCC2)(CC2CCCCC2)C(=O)N1Cc1ccc(F)cc1Cl. The number of carbonyl (C=O) groups is 3. The van der Waals surface area contributed by atoms with Gasteiger partial charge in [0.2, 0.25) is 0 Å². The van der Waals surface area contributed by atoms with Crippen molar-refractivity contribution in [2.75, 3.05) is 26.2 Å². The lowest BCUT2D eigenvalue weighted by atomic mass is 9.75. The molecule has 0 spiro atoms. The number of carbonyl (C=O) groups excluding carboxylic acids is 3. The second kappa shape index (κ2) is 24.7. The molecule has 4 N–H and O–H groups in total. The van der Waals surface area contributed by atoms with Crippen LogP contribution in [-0.4, -0.2) is 76.1 Å². The van der Waals surface area contributed by atoms with E-state index < -0.39 is 11.1 Å². The number of nitrogens with two attached hydrogens (primary N) is 2. The van der Waals surface area contributed by atoms with Gasteiger partial charge < -0.3 is 21.1 Å². The Morgan fingerprint density at radius 2 is 1.43 bits per heavy atom. The monoisotopic (exact) mass is 966 g/mol. The first-order valence-corrected chi connectivity index (χ1v) is 26.6. The van der Waals surface area contributed by atoms with Gasteiger partial charge in [-0.25, -0.2) is 14.4 Å². The molecule has 0 radical (unpaired) electrons. The molecule has 3 aliphatic heterocycles. The van der Waals surface area contributed by atoms with E-state index in [-0.39, 0.29) is 48.6 Å². The number of nitrogens with zero attached hydrogens (tertiary/aromatic N) is 5. The first-order valence-electron chi connectivity index (χ1n) is 26.3. The van der Waals surface area contributed by atoms with Crippen LogP contribution in [0.15, 0.2) is 82.8 Å². The van der Waals surface area contributed by atoms with Crippen molar-refractivity contribution in [1.29, 1.82) is 0 Å². The Balaban J connectivity index is 0.000000208. The highest BCUT2D eigenvalue weighted by atomic mass is 35.5. The molecule has 11 nitrogen and oxygen atoms in total. The largest absolute Gasteiger partial charge is 0.484 e. The number of hydrogen-bond donors (Lipinski definition) is 2. The van der Waals surface area contributed by atoms with E-state index in [1.165, 1.54) is 81.9 Å². The average Bonchev–Trinajstić information content (AvgIpc) is 3.75. The molecular formula is C56H77ClFN7O4. The third kappa shape index (κ3) is 13.3. The number of amides is 3. The molecule has 374 valence electrons. The molecule has 8 rings (SSSR count). The Hall–Kier alpha value is -4.97. The molecule has 0 bridgehead atoms. The summed E-state index contributed by atoms with van der Waals surface area (Å²) in [5.74, 6) is 2.40. The number of ether oxygens (including phenoxy) is 1. The lowest BCUT2D eigenvalue weighted by Gasteiger charge is -2.34. The van der Waals surface area contributed by atoms with Gasteiger partial charge in [-0.05, 0) is 110 Å². The maximum absolute atomic E-state index is 14.0. The molecule has 2 aliphatic carbocycles. The Morgan fingerprint density at radius 1 is 0.754 bits per heavy atom. The van der Waals surface area contributed by atoms with Gasteiger partial charge in [0.15, 0.2) is 24.1 Å². The van der Waals surface area contributed by atoms with E-state index in [1.807, 2.05) is 47.4 Å². The normalized spacial score (nSPS) is 22.6. The molecule has 3 amide bonds. The van der Waals surface area contributed by atoms with Crippen LogP contribution in [0.4, 0.5) is 4.39 Å². The van der Waals surface area contributed by atoms with Crippen LogP contribution < -0.4 is 16.2 Å². The predicted octanol–water partition coefficient (Wildman–Crippen LogP) is 11.1. The molecular weight excluding hydrogens is 889 g/mol. The smallest absolute Gasteiger partial charge is 0.261 e. The summed E-state index contributed by atoms with van der Waals surface area (Å²) in [6.45, 7) is 6.45. The van der Waals surface area contributed by atoms with E-state index in [4.69, 9.17) is 37.8 Å². The minimum atomic E-state index is -0.937. The molecule has 1 unspecified atom stereocenters. The van der Waals surface area contributed by atoms with Crippen LogP contribution in [0.25, 0.3) is 0 Å². The third-order valence-corrected chi connectivity index (χ3v) is 15.8. The molecule has 13 heteroatoms. The quantitative estimate of drug-likeness (QED) is 0.122. The van der Waals surface area contributed by atoms with Crippen molar-refractivity contribution in [3.63, 3.8) is 0 Å². The van der Waals surface area contributed by atoms with Crippen LogP contribution in [0.2, 0.25) is 5.02 Å². The number of benzene rings is 3. The van der Waals surface area contributed by atoms with Crippen LogP contribution >= 0.6 is 11.6 Å². The van der Waals surface area contributed by atoms with Crippen LogP contribution in [0.3, 0.4) is 0 Å². The number of halogens is 2. The van der Waals surface area contributed by atoms with Crippen molar-refractivity contribution in [3.8, 4) is 5.75 Å².